The molecule has 1 aromatic carbocycles. The van der Waals surface area contributed by atoms with E-state index in [-0.39, 0.29) is 23.9 Å². The van der Waals surface area contributed by atoms with Gasteiger partial charge in [-0.2, -0.15) is 0 Å². The largest absolute Gasteiger partial charge is 0.332 e. The van der Waals surface area contributed by atoms with Gasteiger partial charge in [0.1, 0.15) is 17.2 Å². The van der Waals surface area contributed by atoms with E-state index in [0.717, 1.165) is 11.1 Å². The molecule has 2 aromatic heterocycles. The van der Waals surface area contributed by atoms with Gasteiger partial charge in [-0.1, -0.05) is 32.9 Å². The maximum Gasteiger partial charge on any atom is 0.332 e. The van der Waals surface area contributed by atoms with E-state index in [2.05, 4.69) is 41.0 Å². The van der Waals surface area contributed by atoms with E-state index in [1.54, 1.807) is 43.5 Å². The molecule has 0 radical (unpaired) electrons. The van der Waals surface area contributed by atoms with E-state index < -0.39 is 5.54 Å². The van der Waals surface area contributed by atoms with Crippen molar-refractivity contribution in [2.24, 2.45) is 0 Å². The summed E-state index contributed by atoms with van der Waals surface area (Å²) in [7, 11) is 0. The first-order chi connectivity index (χ1) is 15.6. The first-order valence-electron chi connectivity index (χ1n) is 10.8. The molecule has 1 saturated heterocycles. The van der Waals surface area contributed by atoms with Crippen LogP contribution in [0.3, 0.4) is 0 Å². The zero-order valence-corrected chi connectivity index (χ0v) is 19.5. The van der Waals surface area contributed by atoms with Crippen LogP contribution in [0.5, 0.6) is 0 Å². The number of nitrogens with zero attached hydrogens (tertiary/aromatic N) is 5. The molecule has 3 amide bonds. The lowest BCUT2D eigenvalue weighted by Crippen LogP contribution is -2.43. The van der Waals surface area contributed by atoms with Crippen molar-refractivity contribution in [2.75, 3.05) is 10.2 Å². The molecule has 170 valence electrons. The third-order valence-corrected chi connectivity index (χ3v) is 5.80. The van der Waals surface area contributed by atoms with Crippen LogP contribution in [0.4, 0.5) is 22.1 Å². The predicted molar refractivity (Wildman–Crippen MR) is 127 cm³/mol. The maximum absolute atomic E-state index is 13.4. The lowest BCUT2D eigenvalue weighted by Gasteiger charge is -2.27. The Labute approximate surface area is 193 Å². The Kier molecular flexibility index (Phi) is 5.61. The number of carbonyl (C=O) groups excluding carboxylic acids is 2. The quantitative estimate of drug-likeness (QED) is 0.576. The summed E-state index contributed by atoms with van der Waals surface area (Å²) in [4.78, 5) is 42.0. The number of benzene rings is 1. The molecule has 0 saturated carbocycles. The Morgan fingerprint density at radius 1 is 0.939 bits per heavy atom. The van der Waals surface area contributed by atoms with Crippen molar-refractivity contribution in [2.45, 2.75) is 52.1 Å². The molecule has 33 heavy (non-hydrogen) atoms. The van der Waals surface area contributed by atoms with E-state index in [9.17, 15) is 9.59 Å². The summed E-state index contributed by atoms with van der Waals surface area (Å²) in [6.07, 6.45) is 6.44. The minimum absolute atomic E-state index is 0.0126. The van der Waals surface area contributed by atoms with Crippen molar-refractivity contribution in [3.63, 3.8) is 0 Å². The average Bonchev–Trinajstić information content (AvgIpc) is 2.94. The molecule has 8 nitrogen and oxygen atoms in total. The second-order valence-corrected chi connectivity index (χ2v) is 9.63. The smallest absolute Gasteiger partial charge is 0.324 e. The highest BCUT2D eigenvalue weighted by atomic mass is 16.2. The summed E-state index contributed by atoms with van der Waals surface area (Å²) >= 11 is 0. The van der Waals surface area contributed by atoms with Crippen molar-refractivity contribution in [3.05, 3.63) is 72.3 Å². The van der Waals surface area contributed by atoms with Gasteiger partial charge in [0, 0.05) is 25.1 Å². The summed E-state index contributed by atoms with van der Waals surface area (Å²) in [5.74, 6) is 0.904. The third-order valence-electron chi connectivity index (χ3n) is 5.80. The van der Waals surface area contributed by atoms with Gasteiger partial charge in [-0.05, 0) is 54.7 Å². The molecular formula is C25H28N6O2. The normalized spacial score (nSPS) is 15.8. The van der Waals surface area contributed by atoms with Crippen molar-refractivity contribution >= 4 is 29.3 Å². The molecular weight excluding hydrogens is 416 g/mol. The van der Waals surface area contributed by atoms with E-state index in [1.165, 1.54) is 4.90 Å². The number of urea groups is 1. The van der Waals surface area contributed by atoms with Crippen molar-refractivity contribution in [1.82, 2.24) is 19.9 Å². The second kappa shape index (κ2) is 8.27. The molecule has 1 aliphatic heterocycles. The monoisotopic (exact) mass is 444 g/mol. The minimum atomic E-state index is -0.985. The fraction of sp³-hybridized carbons (Fsp3) is 0.320. The number of anilines is 3. The number of nitrogens with one attached hydrogen (secondary N) is 1. The highest BCUT2D eigenvalue weighted by Gasteiger charge is 2.51. The van der Waals surface area contributed by atoms with E-state index in [4.69, 9.17) is 0 Å². The van der Waals surface area contributed by atoms with Crippen LogP contribution in [0.1, 0.15) is 45.7 Å². The molecule has 3 aromatic rings. The number of rotatable bonds is 5. The molecule has 3 heterocycles. The van der Waals surface area contributed by atoms with Crippen LogP contribution in [0.2, 0.25) is 0 Å². The maximum atomic E-state index is 13.4. The van der Waals surface area contributed by atoms with Crippen LogP contribution in [0.15, 0.2) is 61.2 Å². The van der Waals surface area contributed by atoms with Crippen LogP contribution < -0.4 is 10.2 Å². The van der Waals surface area contributed by atoms with Crippen LogP contribution >= 0.6 is 0 Å². The molecule has 0 unspecified atom stereocenters. The summed E-state index contributed by atoms with van der Waals surface area (Å²) in [5.41, 5.74) is 1.56. The van der Waals surface area contributed by atoms with Crippen LogP contribution in [0.25, 0.3) is 0 Å². The lowest BCUT2D eigenvalue weighted by molar-refractivity contribution is -0.123. The number of hydrogen-bond acceptors (Lipinski definition) is 6. The molecule has 0 spiro atoms. The fourth-order valence-corrected chi connectivity index (χ4v) is 3.76. The van der Waals surface area contributed by atoms with Gasteiger partial charge < -0.3 is 10.2 Å². The number of hydrogen-bond donors (Lipinski definition) is 1. The Balaban J connectivity index is 1.57. The van der Waals surface area contributed by atoms with Gasteiger partial charge in [-0.15, -0.1) is 0 Å². The van der Waals surface area contributed by atoms with Crippen molar-refractivity contribution in [1.29, 1.82) is 0 Å². The number of aromatic nitrogens is 3. The van der Waals surface area contributed by atoms with Gasteiger partial charge in [-0.3, -0.25) is 9.78 Å². The summed E-state index contributed by atoms with van der Waals surface area (Å²) in [6.45, 7) is 10.2. The Hall–Kier alpha value is -3.81. The molecule has 4 rings (SSSR count). The first kappa shape index (κ1) is 22.4. The molecule has 0 bridgehead atoms. The topological polar surface area (TPSA) is 91.3 Å². The third kappa shape index (κ3) is 4.41. The van der Waals surface area contributed by atoms with Gasteiger partial charge in [0.25, 0.3) is 5.91 Å². The molecule has 1 N–H and O–H groups in total. The standard InChI is InChI=1S/C25H28N6O2/c1-24(2,3)18-6-8-19(9-7-18)31-22(32)25(4,5)30(23(31)33)16-17-10-11-27-20(14-17)29-21-15-26-12-13-28-21/h6-15H,16H2,1-5H3,(H,27,28,29). The zero-order chi connectivity index (χ0) is 23.8. The van der Waals surface area contributed by atoms with Gasteiger partial charge in [0.15, 0.2) is 0 Å². The van der Waals surface area contributed by atoms with Gasteiger partial charge in [0.2, 0.25) is 0 Å². The van der Waals surface area contributed by atoms with Crippen molar-refractivity contribution in [3.8, 4) is 0 Å². The van der Waals surface area contributed by atoms with Crippen molar-refractivity contribution < 1.29 is 9.59 Å². The lowest BCUT2D eigenvalue weighted by atomic mass is 9.87. The van der Waals surface area contributed by atoms with Gasteiger partial charge in [-0.25, -0.2) is 19.7 Å². The van der Waals surface area contributed by atoms with Crippen LogP contribution in [-0.2, 0) is 16.8 Å². The van der Waals surface area contributed by atoms with E-state index >= 15 is 0 Å². The SMILES string of the molecule is CC(C)(C)c1ccc(N2C(=O)N(Cc3ccnc(Nc4cnccn4)c3)C(C)(C)C2=O)cc1. The minimum Gasteiger partial charge on any atom is -0.324 e. The summed E-state index contributed by atoms with van der Waals surface area (Å²) in [6, 6.07) is 10.9. The average molecular weight is 445 g/mol. The summed E-state index contributed by atoms with van der Waals surface area (Å²) < 4.78 is 0. The Bertz CT molecular complexity index is 1170. The molecule has 1 aliphatic rings. The number of amides is 3. The number of carbonyl (C=O) groups is 2. The Morgan fingerprint density at radius 2 is 1.64 bits per heavy atom. The molecule has 8 heteroatoms. The fourth-order valence-electron chi connectivity index (χ4n) is 3.76. The van der Waals surface area contributed by atoms with Crippen LogP contribution in [-0.4, -0.2) is 37.3 Å². The van der Waals surface area contributed by atoms with Gasteiger partial charge >= 0.3 is 6.03 Å². The molecule has 1 fully saturated rings. The molecule has 0 atom stereocenters. The number of pyridine rings is 1. The highest BCUT2D eigenvalue weighted by Crippen LogP contribution is 2.34. The first-order valence-corrected chi connectivity index (χ1v) is 10.8. The van der Waals surface area contributed by atoms with E-state index in [0.29, 0.717) is 17.3 Å². The summed E-state index contributed by atoms with van der Waals surface area (Å²) in [5, 5.41) is 3.10. The Morgan fingerprint density at radius 3 is 2.27 bits per heavy atom. The van der Waals surface area contributed by atoms with E-state index in [1.807, 2.05) is 36.4 Å². The second-order valence-electron chi connectivity index (χ2n) is 9.63. The zero-order valence-electron chi connectivity index (χ0n) is 19.5. The molecule has 0 aliphatic carbocycles. The predicted octanol–water partition coefficient (Wildman–Crippen LogP) is 4.66. The van der Waals surface area contributed by atoms with Crippen LogP contribution in [0, 0.1) is 0 Å². The highest BCUT2D eigenvalue weighted by molar-refractivity contribution is 6.22. The number of imide groups is 1. The van der Waals surface area contributed by atoms with Gasteiger partial charge in [0.05, 0.1) is 11.9 Å².